The van der Waals surface area contributed by atoms with E-state index in [0.717, 1.165) is 24.1 Å². The summed E-state index contributed by atoms with van der Waals surface area (Å²) in [5.41, 5.74) is 2.54. The molecule has 33 heavy (non-hydrogen) atoms. The van der Waals surface area contributed by atoms with Crippen LogP contribution < -0.4 is 4.74 Å². The number of ketones is 1. The lowest BCUT2D eigenvalue weighted by atomic mass is 9.62. The molecule has 0 spiro atoms. The summed E-state index contributed by atoms with van der Waals surface area (Å²) >= 11 is 0. The number of nitrogens with zero attached hydrogens (tertiary/aromatic N) is 4. The fourth-order valence-electron chi connectivity index (χ4n) is 5.44. The maximum absolute atomic E-state index is 15.7. The smallest absolute Gasteiger partial charge is 0.208 e. The molecule has 0 N–H and O–H groups in total. The van der Waals surface area contributed by atoms with E-state index in [9.17, 15) is 4.79 Å². The number of imidazole rings is 1. The van der Waals surface area contributed by atoms with Gasteiger partial charge in [-0.3, -0.25) is 4.79 Å². The molecule has 170 valence electrons. The van der Waals surface area contributed by atoms with Crippen molar-refractivity contribution in [2.45, 2.75) is 57.2 Å². The molecule has 7 nitrogen and oxygen atoms in total. The number of halogens is 1. The Morgan fingerprint density at radius 3 is 2.82 bits per heavy atom. The average molecular weight is 448 g/mol. The molecule has 2 saturated heterocycles. The van der Waals surface area contributed by atoms with Crippen LogP contribution in [0.3, 0.4) is 0 Å². The number of carbonyl (C=O) groups excluding carboxylic acids is 1. The van der Waals surface area contributed by atoms with Gasteiger partial charge in [-0.1, -0.05) is 6.07 Å². The van der Waals surface area contributed by atoms with Crippen molar-refractivity contribution in [3.63, 3.8) is 0 Å². The van der Waals surface area contributed by atoms with Crippen molar-refractivity contribution in [1.82, 2.24) is 19.0 Å². The van der Waals surface area contributed by atoms with Gasteiger partial charge in [0.25, 0.3) is 0 Å². The SMILES string of the molecule is CC(C)Oc1c(CC(=O)c2cccc3ccnn23)cn2cc(C34COC(C)(C3)C4)nc2c1F. The molecule has 0 radical (unpaired) electrons. The molecule has 4 aromatic rings. The van der Waals surface area contributed by atoms with Crippen LogP contribution in [0.2, 0.25) is 0 Å². The number of Topliss-reactive ketones (excluding diaryl/α,β-unsaturated/α-hetero) is 1. The summed E-state index contributed by atoms with van der Waals surface area (Å²) < 4.78 is 30.7. The van der Waals surface area contributed by atoms with Gasteiger partial charge in [-0.05, 0) is 51.8 Å². The van der Waals surface area contributed by atoms with Crippen LogP contribution in [0.1, 0.15) is 55.4 Å². The highest BCUT2D eigenvalue weighted by Crippen LogP contribution is 2.58. The van der Waals surface area contributed by atoms with Crippen LogP contribution in [0.15, 0.2) is 42.9 Å². The first-order valence-electron chi connectivity index (χ1n) is 11.2. The number of ether oxygens (including phenoxy) is 2. The number of aromatic nitrogens is 4. The zero-order valence-corrected chi connectivity index (χ0v) is 18.8. The lowest BCUT2D eigenvalue weighted by Gasteiger charge is -2.41. The third-order valence-corrected chi connectivity index (χ3v) is 6.79. The van der Waals surface area contributed by atoms with Crippen LogP contribution in [0.4, 0.5) is 4.39 Å². The molecule has 0 aromatic carbocycles. The molecule has 0 amide bonds. The van der Waals surface area contributed by atoms with Crippen LogP contribution in [0, 0.1) is 5.82 Å². The summed E-state index contributed by atoms with van der Waals surface area (Å²) in [6, 6.07) is 7.26. The number of fused-ring (bicyclic) bond motifs is 3. The predicted molar refractivity (Wildman–Crippen MR) is 119 cm³/mol. The van der Waals surface area contributed by atoms with Crippen LogP contribution in [0.25, 0.3) is 11.2 Å². The Labute approximate surface area is 190 Å². The second-order valence-electron chi connectivity index (χ2n) is 9.87. The van der Waals surface area contributed by atoms with E-state index in [0.29, 0.717) is 17.9 Å². The molecular weight excluding hydrogens is 423 g/mol. The van der Waals surface area contributed by atoms with Crippen molar-refractivity contribution in [3.05, 3.63) is 65.6 Å². The highest BCUT2D eigenvalue weighted by Gasteiger charge is 2.61. The zero-order chi connectivity index (χ0) is 23.0. The molecular formula is C25H25FN4O3. The van der Waals surface area contributed by atoms with E-state index >= 15 is 4.39 Å². The molecule has 4 aromatic heterocycles. The zero-order valence-electron chi connectivity index (χ0n) is 18.8. The molecule has 1 aliphatic carbocycles. The minimum absolute atomic E-state index is 0.0201. The van der Waals surface area contributed by atoms with Crippen molar-refractivity contribution in [2.75, 3.05) is 6.61 Å². The van der Waals surface area contributed by atoms with Crippen molar-refractivity contribution in [2.24, 2.45) is 0 Å². The van der Waals surface area contributed by atoms with Gasteiger partial charge in [0.2, 0.25) is 5.82 Å². The van der Waals surface area contributed by atoms with Crippen LogP contribution >= 0.6 is 0 Å². The minimum atomic E-state index is -0.546. The lowest BCUT2D eigenvalue weighted by Crippen LogP contribution is -2.45. The van der Waals surface area contributed by atoms with Gasteiger partial charge >= 0.3 is 0 Å². The first-order valence-corrected chi connectivity index (χ1v) is 11.2. The monoisotopic (exact) mass is 448 g/mol. The number of hydrogen-bond donors (Lipinski definition) is 0. The molecule has 2 aliphatic heterocycles. The van der Waals surface area contributed by atoms with Gasteiger partial charge < -0.3 is 13.9 Å². The number of rotatable bonds is 6. The Morgan fingerprint density at radius 1 is 1.27 bits per heavy atom. The fraction of sp³-hybridized carbons (Fsp3) is 0.400. The van der Waals surface area contributed by atoms with E-state index in [1.165, 1.54) is 0 Å². The van der Waals surface area contributed by atoms with Crippen molar-refractivity contribution < 1.29 is 18.7 Å². The fourth-order valence-corrected chi connectivity index (χ4v) is 5.44. The van der Waals surface area contributed by atoms with E-state index in [-0.39, 0.29) is 40.7 Å². The maximum atomic E-state index is 15.7. The van der Waals surface area contributed by atoms with E-state index in [2.05, 4.69) is 17.0 Å². The molecule has 8 heteroatoms. The summed E-state index contributed by atoms with van der Waals surface area (Å²) in [7, 11) is 0. The Kier molecular flexibility index (Phi) is 4.24. The summed E-state index contributed by atoms with van der Waals surface area (Å²) in [4.78, 5) is 17.9. The van der Waals surface area contributed by atoms with Gasteiger partial charge in [-0.15, -0.1) is 0 Å². The van der Waals surface area contributed by atoms with Gasteiger partial charge in [0, 0.05) is 29.8 Å². The Balaban J connectivity index is 1.42. The van der Waals surface area contributed by atoms with Gasteiger partial charge in [-0.2, -0.15) is 9.49 Å². The third kappa shape index (κ3) is 3.08. The van der Waals surface area contributed by atoms with Crippen LogP contribution in [-0.4, -0.2) is 43.1 Å². The quantitative estimate of drug-likeness (QED) is 0.415. The first-order chi connectivity index (χ1) is 15.8. The predicted octanol–water partition coefficient (Wildman–Crippen LogP) is 4.15. The molecule has 3 aliphatic rings. The van der Waals surface area contributed by atoms with E-state index in [1.54, 1.807) is 27.4 Å². The number of pyridine rings is 2. The molecule has 3 fully saturated rings. The van der Waals surface area contributed by atoms with Crippen molar-refractivity contribution in [1.29, 1.82) is 0 Å². The Morgan fingerprint density at radius 2 is 2.09 bits per heavy atom. The second-order valence-corrected chi connectivity index (χ2v) is 9.87. The average Bonchev–Trinajstić information content (AvgIpc) is 3.51. The Bertz CT molecular complexity index is 1410. The second kappa shape index (κ2) is 6.87. The highest BCUT2D eigenvalue weighted by molar-refractivity contribution is 5.97. The van der Waals surface area contributed by atoms with Crippen LogP contribution in [-0.2, 0) is 16.6 Å². The van der Waals surface area contributed by atoms with Gasteiger partial charge in [0.1, 0.15) is 5.69 Å². The topological polar surface area (TPSA) is 70.1 Å². The maximum Gasteiger partial charge on any atom is 0.208 e. The van der Waals surface area contributed by atoms with E-state index in [4.69, 9.17) is 9.47 Å². The third-order valence-electron chi connectivity index (χ3n) is 6.79. The molecule has 1 saturated carbocycles. The summed E-state index contributed by atoms with van der Waals surface area (Å²) in [5, 5.41) is 4.25. The van der Waals surface area contributed by atoms with E-state index in [1.807, 2.05) is 38.2 Å². The van der Waals surface area contributed by atoms with E-state index < -0.39 is 5.82 Å². The minimum Gasteiger partial charge on any atom is -0.487 e. The molecule has 6 heterocycles. The molecule has 2 bridgehead atoms. The normalized spacial score (nSPS) is 24.0. The molecule has 0 atom stereocenters. The number of hydrogen-bond acceptors (Lipinski definition) is 5. The number of carbonyl (C=O) groups is 1. The van der Waals surface area contributed by atoms with Gasteiger partial charge in [0.05, 0.1) is 35.7 Å². The van der Waals surface area contributed by atoms with Crippen molar-refractivity contribution >= 4 is 16.9 Å². The highest BCUT2D eigenvalue weighted by atomic mass is 19.1. The Hall–Kier alpha value is -3.26. The summed E-state index contributed by atoms with van der Waals surface area (Å²) in [6.45, 7) is 6.37. The van der Waals surface area contributed by atoms with Gasteiger partial charge in [0.15, 0.2) is 17.2 Å². The largest absolute Gasteiger partial charge is 0.487 e. The van der Waals surface area contributed by atoms with Crippen molar-refractivity contribution in [3.8, 4) is 5.75 Å². The molecule has 7 rings (SSSR count). The van der Waals surface area contributed by atoms with Crippen LogP contribution in [0.5, 0.6) is 5.75 Å². The summed E-state index contributed by atoms with van der Waals surface area (Å²) in [6.07, 6.45) is 6.78. The first kappa shape index (κ1) is 20.4. The summed E-state index contributed by atoms with van der Waals surface area (Å²) in [5.74, 6) is -0.640. The lowest BCUT2D eigenvalue weighted by molar-refractivity contribution is 0.0154. The standard InChI is InChI=1S/C25H25FN4O3/c1-15(2)33-22-16(9-19(31)18-6-4-5-17-7-8-27-30(17)18)10-29-11-20(28-23(29)21(22)26)25-12-24(3,13-25)32-14-25/h4-8,10-11,15H,9,12-14H2,1-3H3. The molecule has 0 unspecified atom stereocenters. The van der Waals surface area contributed by atoms with Gasteiger partial charge in [-0.25, -0.2) is 9.50 Å².